The van der Waals surface area contributed by atoms with E-state index in [0.717, 1.165) is 37.1 Å². The van der Waals surface area contributed by atoms with Gasteiger partial charge in [-0.2, -0.15) is 0 Å². The molecule has 2 N–H and O–H groups in total. The molecule has 0 aliphatic carbocycles. The summed E-state index contributed by atoms with van der Waals surface area (Å²) < 4.78 is 0.786. The molecule has 0 saturated carbocycles. The zero-order valence-electron chi connectivity index (χ0n) is 11.7. The first-order valence-corrected chi connectivity index (χ1v) is 7.80. The largest absolute Gasteiger partial charge is 0.507 e. The van der Waals surface area contributed by atoms with Gasteiger partial charge in [0.15, 0.2) is 0 Å². The first-order chi connectivity index (χ1) is 9.08. The lowest BCUT2D eigenvalue weighted by Gasteiger charge is -2.36. The summed E-state index contributed by atoms with van der Waals surface area (Å²) in [5.74, 6) is 0.972. The van der Waals surface area contributed by atoms with E-state index in [-0.39, 0.29) is 0 Å². The lowest BCUT2D eigenvalue weighted by atomic mass is 9.95. The van der Waals surface area contributed by atoms with Crippen LogP contribution in [-0.4, -0.2) is 36.2 Å². The van der Waals surface area contributed by atoms with Gasteiger partial charge in [-0.3, -0.25) is 4.90 Å². The Labute approximate surface area is 124 Å². The van der Waals surface area contributed by atoms with Gasteiger partial charge in [0.2, 0.25) is 0 Å². The molecule has 0 amide bonds. The molecule has 1 aromatic rings. The minimum absolute atomic E-state index is 0.312. The van der Waals surface area contributed by atoms with Crippen molar-refractivity contribution in [3.05, 3.63) is 28.2 Å². The third kappa shape index (κ3) is 3.94. The standard InChI is InChI=1S/C15H23BrN2O/c1-11(2)9-14(18-7-5-17-6-8-18)12-3-4-15(19)13(16)10-12/h3-4,10-11,14,17,19H,5-9H2,1-2H3/t14-/m0/s1. The Hall–Kier alpha value is -0.580. The zero-order valence-corrected chi connectivity index (χ0v) is 13.3. The van der Waals surface area contributed by atoms with Crippen LogP contribution < -0.4 is 5.32 Å². The smallest absolute Gasteiger partial charge is 0.129 e. The number of piperazine rings is 1. The number of phenolic OH excluding ortho intramolecular Hbond substituents is 1. The maximum atomic E-state index is 9.65. The second kappa shape index (κ2) is 6.73. The number of nitrogens with one attached hydrogen (secondary N) is 1. The second-order valence-electron chi connectivity index (χ2n) is 5.64. The Kier molecular flexibility index (Phi) is 5.25. The predicted molar refractivity (Wildman–Crippen MR) is 82.4 cm³/mol. The minimum atomic E-state index is 0.312. The third-order valence-corrected chi connectivity index (χ3v) is 4.28. The molecule has 2 rings (SSSR count). The maximum Gasteiger partial charge on any atom is 0.129 e. The first-order valence-electron chi connectivity index (χ1n) is 7.01. The number of nitrogens with zero attached hydrogens (tertiary/aromatic N) is 1. The second-order valence-corrected chi connectivity index (χ2v) is 6.50. The number of phenols is 1. The van der Waals surface area contributed by atoms with Crippen molar-refractivity contribution in [3.8, 4) is 5.75 Å². The van der Waals surface area contributed by atoms with Gasteiger partial charge in [0, 0.05) is 32.2 Å². The molecule has 1 aliphatic heterocycles. The molecule has 1 fully saturated rings. The molecule has 0 radical (unpaired) electrons. The summed E-state index contributed by atoms with van der Waals surface area (Å²) >= 11 is 3.42. The molecule has 0 bridgehead atoms. The van der Waals surface area contributed by atoms with Crippen LogP contribution >= 0.6 is 15.9 Å². The van der Waals surface area contributed by atoms with E-state index in [1.165, 1.54) is 5.56 Å². The lowest BCUT2D eigenvalue weighted by Crippen LogP contribution is -2.45. The molecule has 3 nitrogen and oxygen atoms in total. The van der Waals surface area contributed by atoms with Crippen LogP contribution in [0.2, 0.25) is 0 Å². The normalized spacial score (nSPS) is 18.7. The topological polar surface area (TPSA) is 35.5 Å². The van der Waals surface area contributed by atoms with Gasteiger partial charge < -0.3 is 10.4 Å². The molecule has 1 aliphatic rings. The summed E-state index contributed by atoms with van der Waals surface area (Å²) in [5.41, 5.74) is 1.29. The SMILES string of the molecule is CC(C)C[C@@H](c1ccc(O)c(Br)c1)N1CCNCC1. The van der Waals surface area contributed by atoms with Crippen LogP contribution in [0.5, 0.6) is 5.75 Å². The van der Waals surface area contributed by atoms with Gasteiger partial charge in [-0.1, -0.05) is 19.9 Å². The van der Waals surface area contributed by atoms with Crippen LogP contribution in [0.4, 0.5) is 0 Å². The molecule has 1 saturated heterocycles. The quantitative estimate of drug-likeness (QED) is 0.892. The van der Waals surface area contributed by atoms with E-state index in [9.17, 15) is 5.11 Å². The van der Waals surface area contributed by atoms with Gasteiger partial charge in [-0.05, 0) is 46.0 Å². The fourth-order valence-electron chi connectivity index (χ4n) is 2.67. The highest BCUT2D eigenvalue weighted by atomic mass is 79.9. The van der Waals surface area contributed by atoms with Crippen molar-refractivity contribution in [1.82, 2.24) is 10.2 Å². The highest BCUT2D eigenvalue weighted by molar-refractivity contribution is 9.10. The Balaban J connectivity index is 2.22. The number of hydrogen-bond donors (Lipinski definition) is 2. The van der Waals surface area contributed by atoms with E-state index in [4.69, 9.17) is 0 Å². The fourth-order valence-corrected chi connectivity index (χ4v) is 3.06. The van der Waals surface area contributed by atoms with Gasteiger partial charge in [0.1, 0.15) is 5.75 Å². The molecule has 1 aromatic carbocycles. The fraction of sp³-hybridized carbons (Fsp3) is 0.600. The summed E-state index contributed by atoms with van der Waals surface area (Å²) in [5, 5.41) is 13.1. The number of benzene rings is 1. The van der Waals surface area contributed by atoms with Crippen LogP contribution in [0, 0.1) is 5.92 Å². The molecule has 4 heteroatoms. The highest BCUT2D eigenvalue weighted by Gasteiger charge is 2.23. The van der Waals surface area contributed by atoms with Crippen LogP contribution in [0.15, 0.2) is 22.7 Å². The average molecular weight is 327 g/mol. The van der Waals surface area contributed by atoms with Crippen molar-refractivity contribution in [1.29, 1.82) is 0 Å². The Morgan fingerprint density at radius 3 is 2.58 bits per heavy atom. The molecular formula is C15H23BrN2O. The summed E-state index contributed by atoms with van der Waals surface area (Å²) in [6, 6.07) is 6.34. The molecule has 1 heterocycles. The zero-order chi connectivity index (χ0) is 13.8. The summed E-state index contributed by atoms with van der Waals surface area (Å²) in [6.45, 7) is 8.85. The monoisotopic (exact) mass is 326 g/mol. The summed E-state index contributed by atoms with van der Waals surface area (Å²) in [4.78, 5) is 2.55. The van der Waals surface area contributed by atoms with Crippen molar-refractivity contribution in [2.75, 3.05) is 26.2 Å². The Morgan fingerprint density at radius 1 is 1.32 bits per heavy atom. The maximum absolute atomic E-state index is 9.65. The molecule has 0 unspecified atom stereocenters. The number of rotatable bonds is 4. The van der Waals surface area contributed by atoms with Gasteiger partial charge >= 0.3 is 0 Å². The van der Waals surface area contributed by atoms with E-state index in [1.54, 1.807) is 6.07 Å². The van der Waals surface area contributed by atoms with Crippen molar-refractivity contribution in [2.45, 2.75) is 26.3 Å². The number of halogens is 1. The van der Waals surface area contributed by atoms with Crippen LogP contribution in [0.25, 0.3) is 0 Å². The summed E-state index contributed by atoms with van der Waals surface area (Å²) in [6.07, 6.45) is 1.15. The van der Waals surface area contributed by atoms with Crippen molar-refractivity contribution < 1.29 is 5.11 Å². The highest BCUT2D eigenvalue weighted by Crippen LogP contribution is 2.33. The molecule has 19 heavy (non-hydrogen) atoms. The van der Waals surface area contributed by atoms with E-state index in [2.05, 4.69) is 52.1 Å². The number of aromatic hydroxyl groups is 1. The van der Waals surface area contributed by atoms with E-state index < -0.39 is 0 Å². The lowest BCUT2D eigenvalue weighted by molar-refractivity contribution is 0.154. The van der Waals surface area contributed by atoms with Crippen LogP contribution in [-0.2, 0) is 0 Å². The Morgan fingerprint density at radius 2 is 2.00 bits per heavy atom. The van der Waals surface area contributed by atoms with Crippen LogP contribution in [0.1, 0.15) is 31.9 Å². The molecule has 0 spiro atoms. The summed E-state index contributed by atoms with van der Waals surface area (Å²) in [7, 11) is 0. The van der Waals surface area contributed by atoms with Gasteiger partial charge in [-0.25, -0.2) is 0 Å². The van der Waals surface area contributed by atoms with E-state index in [0.29, 0.717) is 17.7 Å². The minimum Gasteiger partial charge on any atom is -0.507 e. The molecular weight excluding hydrogens is 304 g/mol. The third-order valence-electron chi connectivity index (χ3n) is 3.64. The molecule has 106 valence electrons. The van der Waals surface area contributed by atoms with E-state index >= 15 is 0 Å². The molecule has 1 atom stereocenters. The van der Waals surface area contributed by atoms with E-state index in [1.807, 2.05) is 0 Å². The molecule has 0 aromatic heterocycles. The van der Waals surface area contributed by atoms with Crippen molar-refractivity contribution >= 4 is 15.9 Å². The van der Waals surface area contributed by atoms with Gasteiger partial charge in [0.05, 0.1) is 4.47 Å². The van der Waals surface area contributed by atoms with Crippen molar-refractivity contribution in [2.24, 2.45) is 5.92 Å². The van der Waals surface area contributed by atoms with Crippen molar-refractivity contribution in [3.63, 3.8) is 0 Å². The first kappa shape index (κ1) is 14.8. The van der Waals surface area contributed by atoms with Gasteiger partial charge in [-0.15, -0.1) is 0 Å². The number of hydrogen-bond acceptors (Lipinski definition) is 3. The van der Waals surface area contributed by atoms with Gasteiger partial charge in [0.25, 0.3) is 0 Å². The van der Waals surface area contributed by atoms with Crippen LogP contribution in [0.3, 0.4) is 0 Å². The average Bonchev–Trinajstić information content (AvgIpc) is 2.40. The Bertz CT molecular complexity index is 417. The predicted octanol–water partition coefficient (Wildman–Crippen LogP) is 3.15.